The van der Waals surface area contributed by atoms with Crippen molar-refractivity contribution in [2.24, 2.45) is 7.05 Å². The molecule has 0 saturated heterocycles. The van der Waals surface area contributed by atoms with Gasteiger partial charge in [0, 0.05) is 18.3 Å². The van der Waals surface area contributed by atoms with E-state index in [1.165, 1.54) is 4.68 Å². The average molecular weight is 245 g/mol. The van der Waals surface area contributed by atoms with Gasteiger partial charge in [-0.05, 0) is 31.2 Å². The molecule has 0 radical (unpaired) electrons. The second-order valence-electron chi connectivity index (χ2n) is 4.13. The highest BCUT2D eigenvalue weighted by molar-refractivity contribution is 5.96. The van der Waals surface area contributed by atoms with Gasteiger partial charge in [-0.3, -0.25) is 14.8 Å². The Labute approximate surface area is 104 Å². The van der Waals surface area contributed by atoms with Gasteiger partial charge in [0.25, 0.3) is 0 Å². The summed E-state index contributed by atoms with van der Waals surface area (Å²) in [4.78, 5) is 12.1. The maximum atomic E-state index is 12.1. The zero-order chi connectivity index (χ0) is 13.3. The molecule has 0 fully saturated rings. The van der Waals surface area contributed by atoms with Crippen molar-refractivity contribution in [3.8, 4) is 0 Å². The molecule has 2 aromatic rings. The van der Waals surface area contributed by atoms with E-state index in [2.05, 4.69) is 5.10 Å². The fraction of sp³-hybridized carbons (Fsp3) is 0.250. The van der Waals surface area contributed by atoms with E-state index in [4.69, 9.17) is 11.1 Å². The van der Waals surface area contributed by atoms with E-state index in [1.807, 2.05) is 0 Å². The molecule has 3 N–H and O–H groups in total. The molecular weight excluding hydrogens is 230 g/mol. The summed E-state index contributed by atoms with van der Waals surface area (Å²) in [5, 5.41) is 11.9. The minimum absolute atomic E-state index is 0.0652. The second-order valence-corrected chi connectivity index (χ2v) is 4.13. The monoisotopic (exact) mass is 245 g/mol. The van der Waals surface area contributed by atoms with Gasteiger partial charge in [0.05, 0.1) is 6.54 Å². The number of hydrogen-bond acceptors (Lipinski definition) is 4. The number of hydrogen-bond donors (Lipinski definition) is 2. The number of aryl methyl sites for hydroxylation is 2. The topological polar surface area (TPSA) is 89.7 Å². The van der Waals surface area contributed by atoms with Gasteiger partial charge in [0.15, 0.2) is 5.78 Å². The van der Waals surface area contributed by atoms with Crippen molar-refractivity contribution in [2.75, 3.05) is 5.73 Å². The highest BCUT2D eigenvalue weighted by Crippen LogP contribution is 2.07. The zero-order valence-electron chi connectivity index (χ0n) is 10.3. The summed E-state index contributed by atoms with van der Waals surface area (Å²) in [7, 11) is 1.68. The first-order chi connectivity index (χ1) is 8.49. The Morgan fingerprint density at radius 2 is 2.00 bits per heavy atom. The minimum atomic E-state index is -0.0652. The Hall–Kier alpha value is -2.37. The van der Waals surface area contributed by atoms with Crippen LogP contribution in [0.1, 0.15) is 16.2 Å². The van der Waals surface area contributed by atoms with Crippen LogP contribution in [0.15, 0.2) is 24.3 Å². The average Bonchev–Trinajstić information content (AvgIpc) is 2.57. The molecule has 0 atom stereocenters. The maximum absolute atomic E-state index is 12.1. The van der Waals surface area contributed by atoms with Gasteiger partial charge in [0.2, 0.25) is 5.62 Å². The van der Waals surface area contributed by atoms with Crippen LogP contribution in [-0.2, 0) is 13.6 Å². The van der Waals surface area contributed by atoms with Crippen molar-refractivity contribution in [3.05, 3.63) is 41.3 Å². The summed E-state index contributed by atoms with van der Waals surface area (Å²) in [6.45, 7) is 1.89. The van der Waals surface area contributed by atoms with E-state index in [1.54, 1.807) is 42.8 Å². The van der Waals surface area contributed by atoms with Crippen molar-refractivity contribution in [2.45, 2.75) is 13.5 Å². The van der Waals surface area contributed by atoms with E-state index in [0.717, 1.165) is 0 Å². The van der Waals surface area contributed by atoms with Crippen LogP contribution in [0.4, 0.5) is 5.69 Å². The normalized spacial score (nSPS) is 10.6. The Kier molecular flexibility index (Phi) is 3.01. The molecule has 6 heteroatoms. The van der Waals surface area contributed by atoms with Crippen LogP contribution in [0.25, 0.3) is 0 Å². The van der Waals surface area contributed by atoms with Crippen molar-refractivity contribution in [1.82, 2.24) is 14.3 Å². The van der Waals surface area contributed by atoms with Crippen LogP contribution >= 0.6 is 0 Å². The molecule has 6 nitrogen and oxygen atoms in total. The van der Waals surface area contributed by atoms with E-state index >= 15 is 0 Å². The third kappa shape index (κ3) is 2.17. The summed E-state index contributed by atoms with van der Waals surface area (Å²) in [5.74, 6) is 0.580. The third-order valence-electron chi connectivity index (χ3n) is 2.78. The summed E-state index contributed by atoms with van der Waals surface area (Å²) < 4.78 is 3.00. The number of ketones is 1. The van der Waals surface area contributed by atoms with Crippen LogP contribution in [-0.4, -0.2) is 20.1 Å². The zero-order valence-corrected chi connectivity index (χ0v) is 10.3. The van der Waals surface area contributed by atoms with Crippen LogP contribution in [0, 0.1) is 12.3 Å². The van der Waals surface area contributed by atoms with Crippen LogP contribution in [0.2, 0.25) is 0 Å². The van der Waals surface area contributed by atoms with Crippen LogP contribution in [0.5, 0.6) is 0 Å². The number of nitrogens with zero attached hydrogens (tertiary/aromatic N) is 3. The summed E-state index contributed by atoms with van der Waals surface area (Å²) in [6, 6.07) is 6.76. The predicted molar refractivity (Wildman–Crippen MR) is 67.0 cm³/mol. The molecule has 1 heterocycles. The summed E-state index contributed by atoms with van der Waals surface area (Å²) in [5.41, 5.74) is 6.98. The molecule has 18 heavy (non-hydrogen) atoms. The predicted octanol–water partition coefficient (Wildman–Crippen LogP) is 0.475. The molecule has 0 saturated carbocycles. The van der Waals surface area contributed by atoms with Crippen molar-refractivity contribution in [1.29, 1.82) is 5.41 Å². The van der Waals surface area contributed by atoms with Crippen molar-refractivity contribution in [3.63, 3.8) is 0 Å². The molecule has 0 spiro atoms. The molecule has 0 aliphatic rings. The number of nitrogen functional groups attached to an aromatic ring is 1. The standard InChI is InChI=1S/C12H15N5O/c1-8-15-16(2)12(14)17(8)7-11(18)9-3-5-10(13)6-4-9/h3-6,14H,7,13H2,1-2H3. The van der Waals surface area contributed by atoms with Crippen LogP contribution in [0.3, 0.4) is 0 Å². The van der Waals surface area contributed by atoms with E-state index < -0.39 is 0 Å². The van der Waals surface area contributed by atoms with Gasteiger partial charge >= 0.3 is 0 Å². The number of nitrogens with one attached hydrogen (secondary N) is 1. The van der Waals surface area contributed by atoms with Gasteiger partial charge in [-0.15, -0.1) is 0 Å². The first-order valence-corrected chi connectivity index (χ1v) is 5.53. The molecular formula is C12H15N5O. The molecule has 0 aliphatic heterocycles. The number of carbonyl (C=O) groups is 1. The number of rotatable bonds is 3. The van der Waals surface area contributed by atoms with Crippen molar-refractivity contribution >= 4 is 11.5 Å². The van der Waals surface area contributed by atoms with Crippen molar-refractivity contribution < 1.29 is 4.79 Å². The Morgan fingerprint density at radius 1 is 1.39 bits per heavy atom. The lowest BCUT2D eigenvalue weighted by atomic mass is 10.1. The van der Waals surface area contributed by atoms with E-state index in [-0.39, 0.29) is 17.9 Å². The largest absolute Gasteiger partial charge is 0.399 e. The number of Topliss-reactive ketones (excluding diaryl/α,β-unsaturated/α-hetero) is 1. The van der Waals surface area contributed by atoms with E-state index in [9.17, 15) is 4.79 Å². The molecule has 1 aromatic carbocycles. The lowest BCUT2D eigenvalue weighted by Gasteiger charge is -2.04. The van der Waals surface area contributed by atoms with E-state index in [0.29, 0.717) is 17.1 Å². The van der Waals surface area contributed by atoms with Crippen LogP contribution < -0.4 is 11.4 Å². The first kappa shape index (κ1) is 12.1. The quantitative estimate of drug-likeness (QED) is 0.608. The summed E-state index contributed by atoms with van der Waals surface area (Å²) in [6.07, 6.45) is 0. The SMILES string of the molecule is Cc1nn(C)c(=N)n1CC(=O)c1ccc(N)cc1. The Balaban J connectivity index is 2.27. The Morgan fingerprint density at radius 3 is 2.50 bits per heavy atom. The smallest absolute Gasteiger partial charge is 0.220 e. The summed E-state index contributed by atoms with van der Waals surface area (Å²) >= 11 is 0. The molecule has 94 valence electrons. The lowest BCUT2D eigenvalue weighted by molar-refractivity contribution is 0.0969. The number of carbonyl (C=O) groups excluding carboxylic acids is 1. The second kappa shape index (κ2) is 4.48. The maximum Gasteiger partial charge on any atom is 0.220 e. The van der Waals surface area contributed by atoms with Gasteiger partial charge in [-0.2, -0.15) is 5.10 Å². The molecule has 1 aromatic heterocycles. The number of aromatic nitrogens is 3. The number of anilines is 1. The van der Waals surface area contributed by atoms with Gasteiger partial charge in [-0.1, -0.05) is 0 Å². The molecule has 0 amide bonds. The molecule has 2 rings (SSSR count). The third-order valence-corrected chi connectivity index (χ3v) is 2.78. The minimum Gasteiger partial charge on any atom is -0.399 e. The van der Waals surface area contributed by atoms with Gasteiger partial charge < -0.3 is 5.73 Å². The fourth-order valence-corrected chi connectivity index (χ4v) is 1.74. The van der Waals surface area contributed by atoms with Gasteiger partial charge in [0.1, 0.15) is 5.82 Å². The first-order valence-electron chi connectivity index (χ1n) is 5.53. The Bertz CT molecular complexity index is 635. The lowest BCUT2D eigenvalue weighted by Crippen LogP contribution is -2.26. The molecule has 0 aliphatic carbocycles. The highest BCUT2D eigenvalue weighted by Gasteiger charge is 2.11. The molecule has 0 bridgehead atoms. The fourth-order valence-electron chi connectivity index (χ4n) is 1.74. The highest BCUT2D eigenvalue weighted by atomic mass is 16.1. The number of benzene rings is 1. The molecule has 0 unspecified atom stereocenters. The number of nitrogens with two attached hydrogens (primary N) is 1. The van der Waals surface area contributed by atoms with Gasteiger partial charge in [-0.25, -0.2) is 4.68 Å².